The highest BCUT2D eigenvalue weighted by Crippen LogP contribution is 2.42. The SMILES string of the molecule is Cc1nc(C)c2c(c(Nc3c(C)c(C)c(C)c(Cl)c3C)nc3c(C)c(C(=O)O)c(C)c(C)c32)c1C. The van der Waals surface area contributed by atoms with Gasteiger partial charge in [0, 0.05) is 38.3 Å². The molecular formula is C29H32ClN3O2. The summed E-state index contributed by atoms with van der Waals surface area (Å²) in [5.74, 6) is -0.254. The zero-order chi connectivity index (χ0) is 26.1. The Bertz CT molecular complexity index is 1570. The van der Waals surface area contributed by atoms with Gasteiger partial charge >= 0.3 is 5.97 Å². The Kier molecular flexibility index (Phi) is 6.05. The number of aromatic nitrogens is 2. The molecule has 182 valence electrons. The number of rotatable bonds is 3. The highest BCUT2D eigenvalue weighted by Gasteiger charge is 2.24. The number of hydrogen-bond donors (Lipinski definition) is 2. The van der Waals surface area contributed by atoms with Crippen molar-refractivity contribution in [1.29, 1.82) is 0 Å². The van der Waals surface area contributed by atoms with Crippen LogP contribution in [0.1, 0.15) is 66.3 Å². The lowest BCUT2D eigenvalue weighted by Gasteiger charge is -2.23. The highest BCUT2D eigenvalue weighted by atomic mass is 35.5. The van der Waals surface area contributed by atoms with Crippen molar-refractivity contribution in [3.63, 3.8) is 0 Å². The second kappa shape index (κ2) is 8.49. The van der Waals surface area contributed by atoms with Gasteiger partial charge in [-0.3, -0.25) is 4.98 Å². The van der Waals surface area contributed by atoms with Gasteiger partial charge in [-0.05, 0) is 114 Å². The fourth-order valence-electron chi connectivity index (χ4n) is 5.32. The molecule has 2 heterocycles. The molecule has 0 unspecified atom stereocenters. The standard InChI is InChI=1S/C29H32ClN3O2/c1-11-14(4)25(30)18(8)26(15(11)5)32-28-23-16(6)19(9)31-20(10)24(23)22-13(3)12(2)21(29(34)35)17(7)27(22)33-28/h1-10H3,(H,32,33)(H,34,35). The van der Waals surface area contributed by atoms with Crippen molar-refractivity contribution >= 4 is 50.8 Å². The molecular weight excluding hydrogens is 458 g/mol. The normalized spacial score (nSPS) is 11.5. The third-order valence-corrected chi connectivity index (χ3v) is 8.41. The van der Waals surface area contributed by atoms with Gasteiger partial charge in [0.1, 0.15) is 5.82 Å². The fourth-order valence-corrected chi connectivity index (χ4v) is 5.55. The molecule has 4 rings (SSSR count). The minimum atomic E-state index is -0.941. The maximum Gasteiger partial charge on any atom is 0.336 e. The lowest BCUT2D eigenvalue weighted by molar-refractivity contribution is 0.0695. The van der Waals surface area contributed by atoms with E-state index >= 15 is 0 Å². The summed E-state index contributed by atoms with van der Waals surface area (Å²) in [5.41, 5.74) is 11.4. The van der Waals surface area contributed by atoms with Gasteiger partial charge in [-0.2, -0.15) is 0 Å². The number of hydrogen-bond acceptors (Lipinski definition) is 4. The lowest BCUT2D eigenvalue weighted by atomic mass is 9.89. The van der Waals surface area contributed by atoms with Crippen molar-refractivity contribution < 1.29 is 9.90 Å². The van der Waals surface area contributed by atoms with Gasteiger partial charge in [0.2, 0.25) is 0 Å². The Morgan fingerprint density at radius 1 is 0.657 bits per heavy atom. The van der Waals surface area contributed by atoms with E-state index in [0.29, 0.717) is 22.5 Å². The van der Waals surface area contributed by atoms with E-state index in [1.807, 2.05) is 48.5 Å². The summed E-state index contributed by atoms with van der Waals surface area (Å²) in [6.07, 6.45) is 0. The van der Waals surface area contributed by atoms with Gasteiger partial charge in [-0.25, -0.2) is 9.78 Å². The maximum absolute atomic E-state index is 12.2. The summed E-state index contributed by atoms with van der Waals surface area (Å²) in [5, 5.41) is 17.3. The van der Waals surface area contributed by atoms with Crippen LogP contribution < -0.4 is 5.32 Å². The van der Waals surface area contributed by atoms with Crippen LogP contribution >= 0.6 is 11.6 Å². The Hall–Kier alpha value is -3.18. The van der Waals surface area contributed by atoms with Crippen LogP contribution in [0.25, 0.3) is 21.7 Å². The molecule has 0 amide bonds. The second-order valence-electron chi connectivity index (χ2n) is 9.71. The van der Waals surface area contributed by atoms with Crippen molar-refractivity contribution in [2.45, 2.75) is 69.2 Å². The summed E-state index contributed by atoms with van der Waals surface area (Å²) in [6, 6.07) is 0. The number of aromatic carboxylic acids is 1. The number of aryl methyl sites for hydroxylation is 5. The van der Waals surface area contributed by atoms with E-state index in [2.05, 4.69) is 26.1 Å². The number of halogens is 1. The van der Waals surface area contributed by atoms with E-state index in [1.54, 1.807) is 0 Å². The molecule has 2 aromatic heterocycles. The molecule has 35 heavy (non-hydrogen) atoms. The molecule has 0 radical (unpaired) electrons. The molecule has 5 nitrogen and oxygen atoms in total. The van der Waals surface area contributed by atoms with Crippen LogP contribution in [0.2, 0.25) is 5.02 Å². The number of fused-ring (bicyclic) bond motifs is 3. The molecule has 0 aliphatic rings. The second-order valence-corrected chi connectivity index (χ2v) is 10.1. The van der Waals surface area contributed by atoms with E-state index in [9.17, 15) is 9.90 Å². The Balaban J connectivity index is 2.24. The van der Waals surface area contributed by atoms with E-state index < -0.39 is 5.97 Å². The first-order valence-corrected chi connectivity index (χ1v) is 12.1. The van der Waals surface area contributed by atoms with Gasteiger partial charge < -0.3 is 10.4 Å². The summed E-state index contributed by atoms with van der Waals surface area (Å²) < 4.78 is 0. The number of carbonyl (C=O) groups is 1. The van der Waals surface area contributed by atoms with E-state index in [4.69, 9.17) is 21.6 Å². The predicted molar refractivity (Wildman–Crippen MR) is 146 cm³/mol. The van der Waals surface area contributed by atoms with E-state index in [0.717, 1.165) is 77.2 Å². The topological polar surface area (TPSA) is 75.1 Å². The number of pyridine rings is 2. The maximum atomic E-state index is 12.2. The van der Waals surface area contributed by atoms with Gasteiger partial charge in [0.25, 0.3) is 0 Å². The van der Waals surface area contributed by atoms with Crippen molar-refractivity contribution in [3.8, 4) is 0 Å². The first-order valence-electron chi connectivity index (χ1n) is 11.8. The molecule has 2 aromatic carbocycles. The first kappa shape index (κ1) is 24.9. The van der Waals surface area contributed by atoms with Crippen LogP contribution in [0.4, 0.5) is 11.5 Å². The number of nitrogens with zero attached hydrogens (tertiary/aromatic N) is 2. The molecule has 2 N–H and O–H groups in total. The van der Waals surface area contributed by atoms with Crippen molar-refractivity contribution in [3.05, 3.63) is 66.5 Å². The smallest absolute Gasteiger partial charge is 0.336 e. The largest absolute Gasteiger partial charge is 0.478 e. The van der Waals surface area contributed by atoms with Gasteiger partial charge in [0.05, 0.1) is 11.1 Å². The number of nitrogens with one attached hydrogen (secondary N) is 1. The monoisotopic (exact) mass is 489 g/mol. The van der Waals surface area contributed by atoms with Gasteiger partial charge in [0.15, 0.2) is 0 Å². The molecule has 6 heteroatoms. The quantitative estimate of drug-likeness (QED) is 0.285. The average molecular weight is 490 g/mol. The molecule has 0 saturated carbocycles. The summed E-state index contributed by atoms with van der Waals surface area (Å²) in [7, 11) is 0. The number of anilines is 2. The molecule has 0 atom stereocenters. The first-order chi connectivity index (χ1) is 16.3. The molecule has 0 aliphatic heterocycles. The fraction of sp³-hybridized carbons (Fsp3) is 0.345. The number of carboxylic acids is 1. The Labute approximate surface area is 211 Å². The van der Waals surface area contributed by atoms with Crippen molar-refractivity contribution in [1.82, 2.24) is 9.97 Å². The van der Waals surface area contributed by atoms with Gasteiger partial charge in [-0.15, -0.1) is 0 Å². The molecule has 0 bridgehead atoms. The summed E-state index contributed by atoms with van der Waals surface area (Å²) in [4.78, 5) is 22.1. The number of benzene rings is 2. The Morgan fingerprint density at radius 3 is 1.89 bits per heavy atom. The van der Waals surface area contributed by atoms with E-state index in [1.165, 1.54) is 0 Å². The van der Waals surface area contributed by atoms with Crippen molar-refractivity contribution in [2.75, 3.05) is 5.32 Å². The van der Waals surface area contributed by atoms with Crippen molar-refractivity contribution in [2.24, 2.45) is 0 Å². The van der Waals surface area contributed by atoms with Crippen LogP contribution in [-0.4, -0.2) is 21.0 Å². The third-order valence-electron chi connectivity index (χ3n) is 7.85. The molecule has 0 fully saturated rings. The summed E-state index contributed by atoms with van der Waals surface area (Å²) >= 11 is 6.70. The molecule has 0 spiro atoms. The average Bonchev–Trinajstić information content (AvgIpc) is 2.80. The minimum Gasteiger partial charge on any atom is -0.478 e. The summed E-state index contributed by atoms with van der Waals surface area (Å²) in [6.45, 7) is 20.0. The third kappa shape index (κ3) is 3.56. The number of carboxylic acid groups (broad SMARTS) is 1. The molecule has 4 aromatic rings. The zero-order valence-electron chi connectivity index (χ0n) is 22.1. The lowest BCUT2D eigenvalue weighted by Crippen LogP contribution is -2.10. The molecule has 0 aliphatic carbocycles. The minimum absolute atomic E-state index is 0.309. The van der Waals surface area contributed by atoms with Crippen LogP contribution in [0.5, 0.6) is 0 Å². The van der Waals surface area contributed by atoms with Crippen LogP contribution in [0, 0.1) is 69.2 Å². The highest BCUT2D eigenvalue weighted by molar-refractivity contribution is 6.32. The Morgan fingerprint density at radius 2 is 1.29 bits per heavy atom. The van der Waals surface area contributed by atoms with Gasteiger partial charge in [-0.1, -0.05) is 11.6 Å². The molecule has 0 saturated heterocycles. The van der Waals surface area contributed by atoms with Crippen LogP contribution in [-0.2, 0) is 0 Å². The zero-order valence-corrected chi connectivity index (χ0v) is 22.9. The predicted octanol–water partition coefficient (Wildman–Crippen LogP) is 7.96. The van der Waals surface area contributed by atoms with Crippen LogP contribution in [0.3, 0.4) is 0 Å². The van der Waals surface area contributed by atoms with E-state index in [-0.39, 0.29) is 0 Å². The van der Waals surface area contributed by atoms with Crippen LogP contribution in [0.15, 0.2) is 0 Å².